The predicted molar refractivity (Wildman–Crippen MR) is 166 cm³/mol. The zero-order valence-corrected chi connectivity index (χ0v) is 22.1. The lowest BCUT2D eigenvalue weighted by Gasteiger charge is -2.34. The maximum absolute atomic E-state index is 3.81. The molecule has 2 heteroatoms. The van der Waals surface area contributed by atoms with E-state index in [2.05, 4.69) is 151 Å². The van der Waals surface area contributed by atoms with Gasteiger partial charge in [-0.3, -0.25) is 0 Å². The molecule has 0 bridgehead atoms. The quantitative estimate of drug-likeness (QED) is 0.246. The summed E-state index contributed by atoms with van der Waals surface area (Å²) in [6, 6.07) is 53.0. The van der Waals surface area contributed by atoms with Gasteiger partial charge in [0.25, 0.3) is 0 Å². The number of hydrogen-bond acceptors (Lipinski definition) is 2. The normalized spacial score (nSPS) is 13.3. The molecule has 1 aliphatic carbocycles. The third-order valence-electron chi connectivity index (χ3n) is 8.14. The SMILES string of the molecule is c1ccc(C2(c3cccc(Nc4cccc5sc6ccccc6c45)c3)c3ccccc3-c3ccccc32)cc1. The van der Waals surface area contributed by atoms with E-state index in [1.807, 2.05) is 11.3 Å². The molecule has 6 aromatic carbocycles. The number of rotatable bonds is 4. The summed E-state index contributed by atoms with van der Waals surface area (Å²) in [5.41, 5.74) is 9.67. The van der Waals surface area contributed by atoms with E-state index in [1.165, 1.54) is 53.6 Å². The molecule has 39 heavy (non-hydrogen) atoms. The average molecular weight is 516 g/mol. The second-order valence-electron chi connectivity index (χ2n) is 10.2. The standard InChI is InChI=1S/C37H25NS/c1-2-12-25(13-3-1)37(31-19-7-4-16-28(31)29-17-5-8-20-32(29)37)26-14-10-15-27(24-26)38-33-21-11-23-35-36(33)30-18-6-9-22-34(30)39-35/h1-24,38H. The summed E-state index contributed by atoms with van der Waals surface area (Å²) >= 11 is 1.85. The fourth-order valence-electron chi connectivity index (χ4n) is 6.58. The minimum atomic E-state index is -0.396. The van der Waals surface area contributed by atoms with Crippen molar-refractivity contribution >= 4 is 42.9 Å². The van der Waals surface area contributed by atoms with Crippen LogP contribution in [0.5, 0.6) is 0 Å². The van der Waals surface area contributed by atoms with Crippen LogP contribution < -0.4 is 5.32 Å². The summed E-state index contributed by atoms with van der Waals surface area (Å²) < 4.78 is 2.62. The van der Waals surface area contributed by atoms with E-state index in [1.54, 1.807) is 0 Å². The fourth-order valence-corrected chi connectivity index (χ4v) is 7.71. The van der Waals surface area contributed by atoms with Gasteiger partial charge in [-0.15, -0.1) is 11.3 Å². The lowest BCUT2D eigenvalue weighted by molar-refractivity contribution is 0.769. The predicted octanol–water partition coefficient (Wildman–Crippen LogP) is 10.2. The van der Waals surface area contributed by atoms with Crippen LogP contribution in [-0.4, -0.2) is 0 Å². The highest BCUT2D eigenvalue weighted by atomic mass is 32.1. The van der Waals surface area contributed by atoms with Gasteiger partial charge in [-0.05, 0) is 63.7 Å². The number of nitrogens with one attached hydrogen (secondary N) is 1. The van der Waals surface area contributed by atoms with Gasteiger partial charge in [0, 0.05) is 31.5 Å². The van der Waals surface area contributed by atoms with Crippen molar-refractivity contribution in [1.82, 2.24) is 0 Å². The molecule has 1 aromatic heterocycles. The molecule has 0 saturated carbocycles. The molecule has 0 fully saturated rings. The smallest absolute Gasteiger partial charge is 0.0714 e. The average Bonchev–Trinajstić information content (AvgIpc) is 3.53. The highest BCUT2D eigenvalue weighted by molar-refractivity contribution is 7.25. The molecule has 0 amide bonds. The molecule has 0 atom stereocenters. The van der Waals surface area contributed by atoms with Crippen LogP contribution in [0.25, 0.3) is 31.3 Å². The second-order valence-corrected chi connectivity index (χ2v) is 11.3. The Hall–Kier alpha value is -4.66. The molecule has 0 spiro atoms. The molecular formula is C37H25NS. The first-order valence-corrected chi connectivity index (χ1v) is 14.2. The fraction of sp³-hybridized carbons (Fsp3) is 0.0270. The van der Waals surface area contributed by atoms with Gasteiger partial charge in [0.1, 0.15) is 0 Å². The highest BCUT2D eigenvalue weighted by Gasteiger charge is 2.45. The largest absolute Gasteiger partial charge is 0.355 e. The maximum atomic E-state index is 3.81. The van der Waals surface area contributed by atoms with Gasteiger partial charge in [-0.1, -0.05) is 115 Å². The van der Waals surface area contributed by atoms with E-state index in [4.69, 9.17) is 0 Å². The van der Waals surface area contributed by atoms with Gasteiger partial charge < -0.3 is 5.32 Å². The Morgan fingerprint density at radius 2 is 1.10 bits per heavy atom. The highest BCUT2D eigenvalue weighted by Crippen LogP contribution is 2.56. The van der Waals surface area contributed by atoms with Crippen LogP contribution in [0, 0.1) is 0 Å². The monoisotopic (exact) mass is 515 g/mol. The molecular weight excluding hydrogens is 490 g/mol. The Labute approximate surface area is 232 Å². The number of benzene rings is 6. The molecule has 1 aliphatic rings. The lowest BCUT2D eigenvalue weighted by atomic mass is 9.67. The number of hydrogen-bond donors (Lipinski definition) is 1. The minimum Gasteiger partial charge on any atom is -0.355 e. The van der Waals surface area contributed by atoms with Gasteiger partial charge in [0.05, 0.1) is 5.41 Å². The van der Waals surface area contributed by atoms with Gasteiger partial charge in [-0.2, -0.15) is 0 Å². The third kappa shape index (κ3) is 3.25. The summed E-state index contributed by atoms with van der Waals surface area (Å²) in [6.45, 7) is 0. The third-order valence-corrected chi connectivity index (χ3v) is 9.27. The molecule has 1 heterocycles. The van der Waals surface area contributed by atoms with Crippen molar-refractivity contribution in [3.05, 3.63) is 168 Å². The summed E-state index contributed by atoms with van der Waals surface area (Å²) in [5.74, 6) is 0. The van der Waals surface area contributed by atoms with Gasteiger partial charge >= 0.3 is 0 Å². The Bertz CT molecular complexity index is 1950. The second kappa shape index (κ2) is 8.69. The van der Waals surface area contributed by atoms with E-state index in [9.17, 15) is 0 Å². The molecule has 7 aromatic rings. The molecule has 0 aliphatic heterocycles. The summed E-state index contributed by atoms with van der Waals surface area (Å²) in [5, 5.41) is 6.40. The zero-order chi connectivity index (χ0) is 25.8. The first-order chi connectivity index (χ1) is 19.3. The number of thiophene rings is 1. The Balaban J connectivity index is 1.35. The van der Waals surface area contributed by atoms with Crippen molar-refractivity contribution in [3.8, 4) is 11.1 Å². The Morgan fingerprint density at radius 3 is 1.90 bits per heavy atom. The van der Waals surface area contributed by atoms with Gasteiger partial charge in [-0.25, -0.2) is 0 Å². The van der Waals surface area contributed by atoms with Crippen molar-refractivity contribution in [1.29, 1.82) is 0 Å². The molecule has 0 radical (unpaired) electrons. The summed E-state index contributed by atoms with van der Waals surface area (Å²) in [7, 11) is 0. The van der Waals surface area contributed by atoms with Crippen molar-refractivity contribution in [2.24, 2.45) is 0 Å². The van der Waals surface area contributed by atoms with Crippen molar-refractivity contribution in [2.45, 2.75) is 5.41 Å². The first-order valence-electron chi connectivity index (χ1n) is 13.4. The zero-order valence-electron chi connectivity index (χ0n) is 21.3. The molecule has 184 valence electrons. The van der Waals surface area contributed by atoms with Crippen molar-refractivity contribution < 1.29 is 0 Å². The van der Waals surface area contributed by atoms with E-state index in [0.717, 1.165) is 11.4 Å². The van der Waals surface area contributed by atoms with Gasteiger partial charge in [0.2, 0.25) is 0 Å². The molecule has 1 N–H and O–H groups in total. The topological polar surface area (TPSA) is 12.0 Å². The summed E-state index contributed by atoms with van der Waals surface area (Å²) in [6.07, 6.45) is 0. The van der Waals surface area contributed by atoms with Crippen LogP contribution in [0.15, 0.2) is 146 Å². The van der Waals surface area contributed by atoms with E-state index in [0.29, 0.717) is 0 Å². The molecule has 0 saturated heterocycles. The van der Waals surface area contributed by atoms with E-state index < -0.39 is 5.41 Å². The Morgan fingerprint density at radius 1 is 0.487 bits per heavy atom. The van der Waals surface area contributed by atoms with Crippen molar-refractivity contribution in [3.63, 3.8) is 0 Å². The van der Waals surface area contributed by atoms with Crippen LogP contribution in [-0.2, 0) is 5.41 Å². The number of fused-ring (bicyclic) bond motifs is 6. The van der Waals surface area contributed by atoms with E-state index >= 15 is 0 Å². The number of anilines is 2. The molecule has 8 rings (SSSR count). The van der Waals surface area contributed by atoms with Crippen LogP contribution in [0.3, 0.4) is 0 Å². The summed E-state index contributed by atoms with van der Waals surface area (Å²) in [4.78, 5) is 0. The van der Waals surface area contributed by atoms with Crippen LogP contribution >= 0.6 is 11.3 Å². The van der Waals surface area contributed by atoms with Crippen LogP contribution in [0.2, 0.25) is 0 Å². The lowest BCUT2D eigenvalue weighted by Crippen LogP contribution is -2.28. The molecule has 0 unspecified atom stereocenters. The first kappa shape index (κ1) is 22.3. The van der Waals surface area contributed by atoms with Crippen LogP contribution in [0.1, 0.15) is 22.3 Å². The van der Waals surface area contributed by atoms with E-state index in [-0.39, 0.29) is 0 Å². The van der Waals surface area contributed by atoms with Gasteiger partial charge in [0.15, 0.2) is 0 Å². The molecule has 1 nitrogen and oxygen atoms in total. The van der Waals surface area contributed by atoms with Crippen molar-refractivity contribution in [2.75, 3.05) is 5.32 Å². The maximum Gasteiger partial charge on any atom is 0.0714 e. The minimum absolute atomic E-state index is 0.396. The Kier molecular flexibility index (Phi) is 4.98. The van der Waals surface area contributed by atoms with Crippen LogP contribution in [0.4, 0.5) is 11.4 Å².